The Hall–Kier alpha value is -3.40. The number of halogens is 2. The van der Waals surface area contributed by atoms with Gasteiger partial charge >= 0.3 is 0 Å². The molecule has 0 radical (unpaired) electrons. The van der Waals surface area contributed by atoms with Gasteiger partial charge in [-0.15, -0.1) is 0 Å². The fourth-order valence-electron chi connectivity index (χ4n) is 2.33. The Bertz CT molecular complexity index is 1020. The molecule has 10 heteroatoms. The number of anilines is 4. The topological polar surface area (TPSA) is 114 Å². The Morgan fingerprint density at radius 3 is 2.68 bits per heavy atom. The van der Waals surface area contributed by atoms with Gasteiger partial charge < -0.3 is 15.8 Å². The lowest BCUT2D eigenvalue weighted by molar-refractivity contribution is 0.0959. The highest BCUT2D eigenvalue weighted by Crippen LogP contribution is 2.28. The molecule has 1 amide bonds. The molecule has 0 aliphatic carbocycles. The van der Waals surface area contributed by atoms with Crippen molar-refractivity contribution in [3.63, 3.8) is 0 Å². The number of methoxy groups -OCH3 is 1. The van der Waals surface area contributed by atoms with Crippen LogP contribution >= 0.6 is 15.9 Å². The van der Waals surface area contributed by atoms with Crippen molar-refractivity contribution in [1.82, 2.24) is 15.4 Å². The van der Waals surface area contributed by atoms with E-state index < -0.39 is 11.7 Å². The van der Waals surface area contributed by atoms with Gasteiger partial charge in [0.2, 0.25) is 0 Å². The Labute approximate surface area is 168 Å². The average molecular weight is 447 g/mol. The van der Waals surface area contributed by atoms with E-state index in [-0.39, 0.29) is 23.0 Å². The maximum absolute atomic E-state index is 14.0. The van der Waals surface area contributed by atoms with Crippen LogP contribution in [0.15, 0.2) is 53.3 Å². The number of hydrogen-bond acceptors (Lipinski definition) is 7. The van der Waals surface area contributed by atoms with Gasteiger partial charge in [0.1, 0.15) is 23.6 Å². The number of carbonyl (C=O) groups excluding carboxylic acids is 1. The molecule has 3 aromatic rings. The quantitative estimate of drug-likeness (QED) is 0.428. The number of nitrogens with two attached hydrogens (primary N) is 1. The van der Waals surface area contributed by atoms with Crippen molar-refractivity contribution >= 4 is 44.8 Å². The number of amides is 1. The number of carbonyl (C=O) groups is 1. The maximum atomic E-state index is 14.0. The van der Waals surface area contributed by atoms with Crippen LogP contribution in [-0.4, -0.2) is 23.0 Å². The zero-order chi connectivity index (χ0) is 20.1. The molecule has 2 aromatic carbocycles. The van der Waals surface area contributed by atoms with E-state index in [2.05, 4.69) is 42.1 Å². The monoisotopic (exact) mass is 446 g/mol. The highest BCUT2D eigenvalue weighted by Gasteiger charge is 2.14. The molecule has 0 unspecified atom stereocenters. The van der Waals surface area contributed by atoms with Crippen LogP contribution in [0.5, 0.6) is 5.75 Å². The summed E-state index contributed by atoms with van der Waals surface area (Å²) in [5, 5.41) is 2.80. The normalized spacial score (nSPS) is 10.2. The van der Waals surface area contributed by atoms with Crippen molar-refractivity contribution in [3.05, 3.63) is 64.6 Å². The molecule has 0 spiro atoms. The molecule has 0 aliphatic heterocycles. The van der Waals surface area contributed by atoms with Crippen LogP contribution in [-0.2, 0) is 0 Å². The van der Waals surface area contributed by atoms with Crippen LogP contribution < -0.4 is 26.6 Å². The molecule has 1 aromatic heterocycles. The molecular formula is C18H16BrFN6O2. The molecule has 1 heterocycles. The molecule has 8 nitrogen and oxygen atoms in total. The van der Waals surface area contributed by atoms with Crippen molar-refractivity contribution < 1.29 is 13.9 Å². The maximum Gasteiger partial charge on any atom is 0.273 e. The average Bonchev–Trinajstić information content (AvgIpc) is 2.70. The summed E-state index contributed by atoms with van der Waals surface area (Å²) < 4.78 is 19.8. The van der Waals surface area contributed by atoms with Crippen LogP contribution in [0.2, 0.25) is 0 Å². The first kappa shape index (κ1) is 19.4. The molecule has 0 atom stereocenters. The second-order valence-electron chi connectivity index (χ2n) is 5.51. The molecular weight excluding hydrogens is 431 g/mol. The van der Waals surface area contributed by atoms with Gasteiger partial charge in [-0.1, -0.05) is 28.1 Å². The zero-order valence-corrected chi connectivity index (χ0v) is 16.2. The number of nitrogens with zero attached hydrogens (tertiary/aromatic N) is 2. The van der Waals surface area contributed by atoms with Crippen LogP contribution in [0.3, 0.4) is 0 Å². The number of benzene rings is 2. The highest BCUT2D eigenvalue weighted by molar-refractivity contribution is 9.10. The second kappa shape index (κ2) is 8.53. The number of nitrogen functional groups attached to an aromatic ring is 1. The van der Waals surface area contributed by atoms with E-state index >= 15 is 0 Å². The van der Waals surface area contributed by atoms with Gasteiger partial charge in [0, 0.05) is 4.47 Å². The van der Waals surface area contributed by atoms with Crippen LogP contribution in [0.4, 0.5) is 27.4 Å². The number of ether oxygens (including phenoxy) is 1. The van der Waals surface area contributed by atoms with Gasteiger partial charge in [-0.25, -0.2) is 14.4 Å². The first-order valence-corrected chi connectivity index (χ1v) is 8.81. The molecule has 5 N–H and O–H groups in total. The molecule has 28 heavy (non-hydrogen) atoms. The third-order valence-corrected chi connectivity index (χ3v) is 4.21. The van der Waals surface area contributed by atoms with E-state index in [1.54, 1.807) is 30.3 Å². The summed E-state index contributed by atoms with van der Waals surface area (Å²) in [6.07, 6.45) is 1.23. The van der Waals surface area contributed by atoms with E-state index in [0.29, 0.717) is 15.8 Å². The lowest BCUT2D eigenvalue weighted by Gasteiger charge is -2.14. The van der Waals surface area contributed by atoms with Crippen molar-refractivity contribution in [2.75, 3.05) is 23.6 Å². The van der Waals surface area contributed by atoms with Gasteiger partial charge in [-0.3, -0.25) is 15.6 Å². The van der Waals surface area contributed by atoms with Gasteiger partial charge in [0.05, 0.1) is 18.4 Å². The highest BCUT2D eigenvalue weighted by atomic mass is 79.9. The lowest BCUT2D eigenvalue weighted by Crippen LogP contribution is -2.30. The third-order valence-electron chi connectivity index (χ3n) is 3.71. The minimum absolute atomic E-state index is 0.102. The Morgan fingerprint density at radius 2 is 1.93 bits per heavy atom. The molecule has 0 bridgehead atoms. The van der Waals surface area contributed by atoms with Crippen molar-refractivity contribution in [1.29, 1.82) is 0 Å². The van der Waals surface area contributed by atoms with E-state index in [4.69, 9.17) is 10.5 Å². The fraction of sp³-hybridized carbons (Fsp3) is 0.0556. The molecule has 3 rings (SSSR count). The summed E-state index contributed by atoms with van der Waals surface area (Å²) in [6, 6.07) is 11.3. The number of para-hydroxylation sites is 1. The Morgan fingerprint density at radius 1 is 1.18 bits per heavy atom. The Kier molecular flexibility index (Phi) is 5.90. The van der Waals surface area contributed by atoms with Crippen LogP contribution in [0, 0.1) is 5.82 Å². The minimum atomic E-state index is -0.480. The standard InChI is InChI=1S/C18H16BrFN6O2/c1-28-14-5-3-2-4-11(14)18(27)26-25-17-15(21)16(22-9-23-17)24-13-7-6-10(19)8-12(13)20/h2-9H,21H2,1H3,(H,26,27)(H2,22,23,24,25). The van der Waals surface area contributed by atoms with E-state index in [1.807, 2.05) is 0 Å². The number of nitrogens with one attached hydrogen (secondary N) is 3. The fourth-order valence-corrected chi connectivity index (χ4v) is 2.66. The first-order chi connectivity index (χ1) is 13.5. The number of aromatic nitrogens is 2. The van der Waals surface area contributed by atoms with Gasteiger partial charge in [0.25, 0.3) is 5.91 Å². The number of hydrogen-bond donors (Lipinski definition) is 4. The van der Waals surface area contributed by atoms with Gasteiger partial charge in [0.15, 0.2) is 11.6 Å². The van der Waals surface area contributed by atoms with E-state index in [0.717, 1.165) is 0 Å². The summed E-state index contributed by atoms with van der Waals surface area (Å²) in [4.78, 5) is 20.4. The van der Waals surface area contributed by atoms with Gasteiger partial charge in [-0.05, 0) is 30.3 Å². The summed E-state index contributed by atoms with van der Waals surface area (Å²) in [7, 11) is 1.47. The van der Waals surface area contributed by atoms with Crippen LogP contribution in [0.1, 0.15) is 10.4 Å². The Balaban J connectivity index is 1.75. The summed E-state index contributed by atoms with van der Waals surface area (Å²) in [5.41, 5.74) is 11.8. The smallest absolute Gasteiger partial charge is 0.273 e. The van der Waals surface area contributed by atoms with Crippen LogP contribution in [0.25, 0.3) is 0 Å². The predicted octanol–water partition coefficient (Wildman–Crippen LogP) is 3.47. The first-order valence-electron chi connectivity index (χ1n) is 8.01. The zero-order valence-electron chi connectivity index (χ0n) is 14.7. The van der Waals surface area contributed by atoms with E-state index in [1.165, 1.54) is 25.6 Å². The molecule has 0 saturated heterocycles. The van der Waals surface area contributed by atoms with E-state index in [9.17, 15) is 9.18 Å². The lowest BCUT2D eigenvalue weighted by atomic mass is 10.2. The second-order valence-corrected chi connectivity index (χ2v) is 6.43. The van der Waals surface area contributed by atoms with Crippen molar-refractivity contribution in [2.24, 2.45) is 0 Å². The molecule has 0 fully saturated rings. The summed E-state index contributed by atoms with van der Waals surface area (Å²) in [6.45, 7) is 0. The summed E-state index contributed by atoms with van der Waals surface area (Å²) in [5.74, 6) is -0.163. The SMILES string of the molecule is COc1ccccc1C(=O)NNc1ncnc(Nc2ccc(Br)cc2F)c1N. The summed E-state index contributed by atoms with van der Waals surface area (Å²) >= 11 is 3.19. The molecule has 144 valence electrons. The number of hydrazine groups is 1. The van der Waals surface area contributed by atoms with Crippen molar-refractivity contribution in [3.8, 4) is 5.75 Å². The molecule has 0 aliphatic rings. The molecule has 0 saturated carbocycles. The number of rotatable bonds is 6. The predicted molar refractivity (Wildman–Crippen MR) is 108 cm³/mol. The van der Waals surface area contributed by atoms with Crippen molar-refractivity contribution in [2.45, 2.75) is 0 Å². The minimum Gasteiger partial charge on any atom is -0.496 e. The largest absolute Gasteiger partial charge is 0.496 e. The third kappa shape index (κ3) is 4.29. The van der Waals surface area contributed by atoms with Gasteiger partial charge in [-0.2, -0.15) is 0 Å².